The maximum absolute atomic E-state index is 12.4. The molecule has 1 aromatic heterocycles. The lowest BCUT2D eigenvalue weighted by Gasteiger charge is -2.39. The van der Waals surface area contributed by atoms with Gasteiger partial charge in [-0.2, -0.15) is 0 Å². The third-order valence-electron chi connectivity index (χ3n) is 6.18. The second-order valence-corrected chi connectivity index (χ2v) is 9.62. The molecule has 1 atom stereocenters. The lowest BCUT2D eigenvalue weighted by Crippen LogP contribution is -2.51. The number of amides is 1. The van der Waals surface area contributed by atoms with E-state index in [1.165, 1.54) is 0 Å². The normalized spacial score (nSPS) is 19.6. The van der Waals surface area contributed by atoms with Gasteiger partial charge in [0.15, 0.2) is 5.82 Å². The van der Waals surface area contributed by atoms with Crippen LogP contribution in [-0.4, -0.2) is 89.2 Å². The van der Waals surface area contributed by atoms with Gasteiger partial charge in [0, 0.05) is 57.9 Å². The van der Waals surface area contributed by atoms with Gasteiger partial charge in [0.25, 0.3) is 0 Å². The minimum Gasteiger partial charge on any atom is -0.507 e. The quantitative estimate of drug-likeness (QED) is 0.728. The van der Waals surface area contributed by atoms with Gasteiger partial charge in [-0.1, -0.05) is 12.1 Å². The van der Waals surface area contributed by atoms with E-state index in [2.05, 4.69) is 25.3 Å². The Morgan fingerprint density at radius 2 is 1.85 bits per heavy atom. The average Bonchev–Trinajstić information content (AvgIpc) is 3.29. The molecule has 9 nitrogen and oxygen atoms in total. The van der Waals surface area contributed by atoms with Crippen molar-refractivity contribution in [2.24, 2.45) is 0 Å². The zero-order valence-corrected chi connectivity index (χ0v) is 19.9. The molecule has 33 heavy (non-hydrogen) atoms. The second kappa shape index (κ2) is 9.43. The van der Waals surface area contributed by atoms with Crippen molar-refractivity contribution in [2.75, 3.05) is 56.5 Å². The van der Waals surface area contributed by atoms with Gasteiger partial charge >= 0.3 is 6.09 Å². The van der Waals surface area contributed by atoms with E-state index in [1.54, 1.807) is 12.1 Å². The third kappa shape index (κ3) is 5.30. The molecule has 4 rings (SSSR count). The number of piperazine rings is 1. The largest absolute Gasteiger partial charge is 0.507 e. The Hall–Kier alpha value is -3.07. The first-order chi connectivity index (χ1) is 15.7. The van der Waals surface area contributed by atoms with E-state index in [4.69, 9.17) is 4.74 Å². The summed E-state index contributed by atoms with van der Waals surface area (Å²) in [6.07, 6.45) is 0.747. The number of phenols is 1. The summed E-state index contributed by atoms with van der Waals surface area (Å²) in [4.78, 5) is 19.0. The van der Waals surface area contributed by atoms with Gasteiger partial charge in [0.2, 0.25) is 0 Å². The molecular formula is C24H34N6O3. The summed E-state index contributed by atoms with van der Waals surface area (Å²) in [6, 6.07) is 9.52. The summed E-state index contributed by atoms with van der Waals surface area (Å²) in [5.74, 6) is 0.912. The first kappa shape index (κ1) is 23.1. The number of nitrogens with zero attached hydrogens (tertiary/aromatic N) is 5. The fraction of sp³-hybridized carbons (Fsp3) is 0.542. The summed E-state index contributed by atoms with van der Waals surface area (Å²) in [6.45, 7) is 10.7. The monoisotopic (exact) mass is 454 g/mol. The summed E-state index contributed by atoms with van der Waals surface area (Å²) >= 11 is 0. The lowest BCUT2D eigenvalue weighted by molar-refractivity contribution is 0.0279. The number of para-hydroxylation sites is 1. The van der Waals surface area contributed by atoms with Crippen LogP contribution in [0, 0.1) is 0 Å². The Bertz CT molecular complexity index is 984. The Kier molecular flexibility index (Phi) is 6.60. The highest BCUT2D eigenvalue weighted by molar-refractivity contribution is 5.75. The van der Waals surface area contributed by atoms with E-state index in [-0.39, 0.29) is 11.8 Å². The molecule has 0 radical (unpaired) electrons. The Balaban J connectivity index is 1.40. The average molecular weight is 455 g/mol. The number of phenolic OH excluding ortho intramolecular Hbond substituents is 1. The predicted molar refractivity (Wildman–Crippen MR) is 129 cm³/mol. The zero-order valence-electron chi connectivity index (χ0n) is 19.9. The molecule has 0 bridgehead atoms. The fourth-order valence-electron chi connectivity index (χ4n) is 4.48. The van der Waals surface area contributed by atoms with Gasteiger partial charge in [-0.05, 0) is 45.4 Å². The zero-order chi connectivity index (χ0) is 23.6. The molecule has 3 heterocycles. The van der Waals surface area contributed by atoms with Crippen molar-refractivity contribution in [2.45, 2.75) is 38.8 Å². The predicted octanol–water partition coefficient (Wildman–Crippen LogP) is 3.02. The number of hydrogen-bond acceptors (Lipinski definition) is 8. The Morgan fingerprint density at radius 1 is 1.12 bits per heavy atom. The van der Waals surface area contributed by atoms with Gasteiger partial charge in [-0.15, -0.1) is 10.2 Å². The molecule has 2 aromatic rings. The number of anilines is 2. The second-order valence-electron chi connectivity index (χ2n) is 9.62. The van der Waals surface area contributed by atoms with Crippen LogP contribution in [0.1, 0.15) is 27.2 Å². The highest BCUT2D eigenvalue weighted by atomic mass is 16.6. The van der Waals surface area contributed by atoms with E-state index in [9.17, 15) is 9.90 Å². The number of aromatic nitrogens is 2. The summed E-state index contributed by atoms with van der Waals surface area (Å²) in [5, 5.41) is 22.0. The highest BCUT2D eigenvalue weighted by Gasteiger charge is 2.34. The van der Waals surface area contributed by atoms with Crippen LogP contribution >= 0.6 is 0 Å². The van der Waals surface area contributed by atoms with Crippen LogP contribution in [0.2, 0.25) is 0 Å². The number of nitrogens with one attached hydrogen (secondary N) is 1. The van der Waals surface area contributed by atoms with Crippen molar-refractivity contribution < 1.29 is 14.6 Å². The van der Waals surface area contributed by atoms with E-state index >= 15 is 0 Å². The van der Waals surface area contributed by atoms with Gasteiger partial charge in [-0.25, -0.2) is 4.79 Å². The molecule has 1 amide bonds. The first-order valence-electron chi connectivity index (χ1n) is 11.6. The number of likely N-dealkylation sites (tertiary alicyclic amines) is 1. The van der Waals surface area contributed by atoms with Gasteiger partial charge in [0.1, 0.15) is 11.4 Å². The number of carbonyl (C=O) groups is 1. The smallest absolute Gasteiger partial charge is 0.410 e. The molecule has 2 aliphatic heterocycles. The molecule has 0 aliphatic carbocycles. The van der Waals surface area contributed by atoms with Gasteiger partial charge in [0.05, 0.1) is 11.4 Å². The van der Waals surface area contributed by atoms with Gasteiger partial charge in [-0.3, -0.25) is 4.90 Å². The van der Waals surface area contributed by atoms with Crippen LogP contribution < -0.4 is 10.2 Å². The molecule has 178 valence electrons. The molecule has 1 unspecified atom stereocenters. The molecule has 2 N–H and O–H groups in total. The van der Waals surface area contributed by atoms with Crippen LogP contribution in [-0.2, 0) is 4.74 Å². The number of carbonyl (C=O) groups excluding carboxylic acids is 1. The molecular weight excluding hydrogens is 420 g/mol. The van der Waals surface area contributed by atoms with E-state index in [0.29, 0.717) is 23.8 Å². The first-order valence-corrected chi connectivity index (χ1v) is 11.6. The van der Waals surface area contributed by atoms with E-state index in [1.807, 2.05) is 50.9 Å². The van der Waals surface area contributed by atoms with Crippen molar-refractivity contribution in [1.29, 1.82) is 0 Å². The van der Waals surface area contributed by atoms with Gasteiger partial charge < -0.3 is 25.0 Å². The van der Waals surface area contributed by atoms with Crippen molar-refractivity contribution >= 4 is 17.6 Å². The van der Waals surface area contributed by atoms with Crippen LogP contribution in [0.5, 0.6) is 5.75 Å². The number of hydrogen-bond donors (Lipinski definition) is 2. The van der Waals surface area contributed by atoms with Crippen LogP contribution in [0.4, 0.5) is 16.3 Å². The molecule has 0 saturated carbocycles. The summed E-state index contributed by atoms with van der Waals surface area (Å²) < 4.78 is 5.54. The molecule has 2 aliphatic rings. The molecule has 0 spiro atoms. The molecule has 9 heteroatoms. The SMILES string of the molecule is CNc1nnc(-c2ccccc2O)cc1N1CCN(C2CCN(C(=O)OC(C)(C)C)C2)CC1. The summed E-state index contributed by atoms with van der Waals surface area (Å²) in [5.41, 5.74) is 1.82. The minimum atomic E-state index is -0.472. The topological polar surface area (TPSA) is 94.1 Å². The number of ether oxygens (including phenoxy) is 1. The van der Waals surface area contributed by atoms with Crippen molar-refractivity contribution in [1.82, 2.24) is 20.0 Å². The Labute approximate surface area is 195 Å². The standard InChI is InChI=1S/C24H34N6O3/c1-24(2,3)33-23(32)30-10-9-17(16-30)28-11-13-29(14-12-28)20-15-19(26-27-22(20)25-4)18-7-5-6-8-21(18)31/h5-8,15,17,31H,9-14,16H2,1-4H3,(H,25,27). The summed E-state index contributed by atoms with van der Waals surface area (Å²) in [7, 11) is 1.84. The maximum atomic E-state index is 12.4. The number of rotatable bonds is 4. The van der Waals surface area contributed by atoms with E-state index < -0.39 is 5.60 Å². The van der Waals surface area contributed by atoms with Crippen molar-refractivity contribution in [3.63, 3.8) is 0 Å². The molecule has 2 fully saturated rings. The molecule has 2 saturated heterocycles. The van der Waals surface area contributed by atoms with Crippen molar-refractivity contribution in [3.8, 4) is 17.0 Å². The van der Waals surface area contributed by atoms with Crippen LogP contribution in [0.3, 0.4) is 0 Å². The minimum absolute atomic E-state index is 0.190. The lowest BCUT2D eigenvalue weighted by atomic mass is 10.1. The van der Waals surface area contributed by atoms with Crippen LogP contribution in [0.15, 0.2) is 30.3 Å². The highest BCUT2D eigenvalue weighted by Crippen LogP contribution is 2.33. The fourth-order valence-corrected chi connectivity index (χ4v) is 4.48. The van der Waals surface area contributed by atoms with Crippen molar-refractivity contribution in [3.05, 3.63) is 30.3 Å². The number of benzene rings is 1. The van der Waals surface area contributed by atoms with Crippen LogP contribution in [0.25, 0.3) is 11.3 Å². The molecule has 1 aromatic carbocycles. The Morgan fingerprint density at radius 3 is 2.52 bits per heavy atom. The third-order valence-corrected chi connectivity index (χ3v) is 6.18. The van der Waals surface area contributed by atoms with E-state index in [0.717, 1.165) is 50.6 Å². The maximum Gasteiger partial charge on any atom is 0.410 e. The number of aromatic hydroxyl groups is 1.